The average molecular weight is 421 g/mol. The summed E-state index contributed by atoms with van der Waals surface area (Å²) in [7, 11) is 0. The first-order valence-corrected chi connectivity index (χ1v) is 9.06. The van der Waals surface area contributed by atoms with E-state index in [1.54, 1.807) is 6.07 Å². The van der Waals surface area contributed by atoms with Crippen molar-refractivity contribution in [1.29, 1.82) is 0 Å². The van der Waals surface area contributed by atoms with Crippen LogP contribution in [0.15, 0.2) is 48.5 Å². The number of nitrogens with two attached hydrogens (primary N) is 1. The van der Waals surface area contributed by atoms with Crippen LogP contribution in [0.1, 0.15) is 11.9 Å². The highest BCUT2D eigenvalue weighted by Gasteiger charge is 2.22. The van der Waals surface area contributed by atoms with Crippen molar-refractivity contribution in [3.63, 3.8) is 0 Å². The van der Waals surface area contributed by atoms with Crippen LogP contribution in [0.25, 0.3) is 22.3 Å². The fraction of sp³-hybridized carbons (Fsp3) is 0.182. The van der Waals surface area contributed by atoms with Crippen molar-refractivity contribution in [2.24, 2.45) is 5.73 Å². The Kier molecular flexibility index (Phi) is 5.55. The molecule has 0 unspecified atom stereocenters. The van der Waals surface area contributed by atoms with Crippen molar-refractivity contribution >= 4 is 0 Å². The van der Waals surface area contributed by atoms with Gasteiger partial charge >= 0.3 is 0 Å². The van der Waals surface area contributed by atoms with Crippen molar-refractivity contribution in [1.82, 2.24) is 0 Å². The van der Waals surface area contributed by atoms with Gasteiger partial charge in [0, 0.05) is 16.7 Å². The lowest BCUT2D eigenvalue weighted by Gasteiger charge is -2.27. The molecular formula is C22H16F5NO2. The minimum Gasteiger partial charge on any atom is -0.347 e. The smallest absolute Gasteiger partial charge is 0.194 e. The van der Waals surface area contributed by atoms with E-state index < -0.39 is 35.4 Å². The Morgan fingerprint density at radius 2 is 1.20 bits per heavy atom. The quantitative estimate of drug-likeness (QED) is 0.473. The first-order chi connectivity index (χ1) is 14.3. The van der Waals surface area contributed by atoms with E-state index in [0.29, 0.717) is 17.7 Å². The summed E-state index contributed by atoms with van der Waals surface area (Å²) in [4.78, 5) is 0. The Bertz CT molecular complexity index is 1070. The van der Waals surface area contributed by atoms with Gasteiger partial charge in [0.05, 0.1) is 19.3 Å². The zero-order valence-corrected chi connectivity index (χ0v) is 15.5. The van der Waals surface area contributed by atoms with Crippen molar-refractivity contribution in [3.05, 3.63) is 83.2 Å². The van der Waals surface area contributed by atoms with Gasteiger partial charge in [-0.25, -0.2) is 22.0 Å². The molecule has 1 aliphatic heterocycles. The molecule has 8 heteroatoms. The van der Waals surface area contributed by atoms with Gasteiger partial charge in [-0.15, -0.1) is 0 Å². The maximum absolute atomic E-state index is 14.7. The molecule has 30 heavy (non-hydrogen) atoms. The number of hydrogen-bond donors (Lipinski definition) is 1. The lowest BCUT2D eigenvalue weighted by molar-refractivity contribution is -0.190. The fourth-order valence-electron chi connectivity index (χ4n) is 3.25. The largest absolute Gasteiger partial charge is 0.347 e. The van der Waals surface area contributed by atoms with Gasteiger partial charge < -0.3 is 15.2 Å². The topological polar surface area (TPSA) is 44.5 Å². The van der Waals surface area contributed by atoms with Gasteiger partial charge in [0.1, 0.15) is 11.6 Å². The third-order valence-electron chi connectivity index (χ3n) is 4.76. The summed E-state index contributed by atoms with van der Waals surface area (Å²) < 4.78 is 80.2. The van der Waals surface area contributed by atoms with E-state index >= 15 is 0 Å². The van der Waals surface area contributed by atoms with E-state index in [2.05, 4.69) is 0 Å². The Labute approximate surface area is 168 Å². The molecule has 0 aliphatic carbocycles. The summed E-state index contributed by atoms with van der Waals surface area (Å²) in [6.07, 6.45) is -0.740. The van der Waals surface area contributed by atoms with E-state index in [1.807, 2.05) is 0 Å². The van der Waals surface area contributed by atoms with Crippen LogP contribution in [0.5, 0.6) is 0 Å². The Morgan fingerprint density at radius 1 is 0.667 bits per heavy atom. The van der Waals surface area contributed by atoms with E-state index in [4.69, 9.17) is 15.2 Å². The summed E-state index contributed by atoms with van der Waals surface area (Å²) in [5.74, 6) is -5.95. The van der Waals surface area contributed by atoms with E-state index in [-0.39, 0.29) is 41.5 Å². The maximum Gasteiger partial charge on any atom is 0.194 e. The van der Waals surface area contributed by atoms with Crippen molar-refractivity contribution < 1.29 is 31.4 Å². The van der Waals surface area contributed by atoms with Crippen LogP contribution in [0.2, 0.25) is 0 Å². The van der Waals surface area contributed by atoms with E-state index in [1.165, 1.54) is 24.3 Å². The highest BCUT2D eigenvalue weighted by atomic mass is 19.2. The summed E-state index contributed by atoms with van der Waals surface area (Å²) in [5, 5.41) is 0. The van der Waals surface area contributed by atoms with Crippen molar-refractivity contribution in [2.45, 2.75) is 12.3 Å². The zero-order valence-electron chi connectivity index (χ0n) is 15.5. The minimum atomic E-state index is -1.63. The number of ether oxygens (including phenoxy) is 2. The van der Waals surface area contributed by atoms with Crippen LogP contribution in [-0.2, 0) is 9.47 Å². The molecule has 1 heterocycles. The maximum atomic E-state index is 14.7. The second-order valence-corrected chi connectivity index (χ2v) is 6.95. The molecule has 2 N–H and O–H groups in total. The Balaban J connectivity index is 1.63. The van der Waals surface area contributed by atoms with Gasteiger partial charge in [0.25, 0.3) is 0 Å². The van der Waals surface area contributed by atoms with Crippen LogP contribution >= 0.6 is 0 Å². The van der Waals surface area contributed by atoms with Gasteiger partial charge in [0.15, 0.2) is 23.7 Å². The van der Waals surface area contributed by atoms with Crippen LogP contribution < -0.4 is 5.73 Å². The molecule has 1 aliphatic rings. The lowest BCUT2D eigenvalue weighted by Crippen LogP contribution is -2.37. The SMILES string of the molecule is NC1COC(c2ccc(-c3ccc(-c4cc(F)c(F)c(F)c4)c(F)c3)c(F)c2)OC1. The molecule has 156 valence electrons. The standard InChI is InChI=1S/C22H16F5NO2/c23-17-5-11(1-3-16(17)13-7-19(25)21(27)20(26)8-13)15-4-2-12(6-18(15)24)22-29-9-14(28)10-30-22/h1-8,14,22H,9-10,28H2. The van der Waals surface area contributed by atoms with Gasteiger partial charge in [0.2, 0.25) is 0 Å². The van der Waals surface area contributed by atoms with E-state index in [9.17, 15) is 22.0 Å². The lowest BCUT2D eigenvalue weighted by atomic mass is 9.98. The van der Waals surface area contributed by atoms with Crippen LogP contribution in [-0.4, -0.2) is 19.3 Å². The van der Waals surface area contributed by atoms with Gasteiger partial charge in [-0.1, -0.05) is 24.3 Å². The summed E-state index contributed by atoms with van der Waals surface area (Å²) in [5.41, 5.74) is 6.16. The first-order valence-electron chi connectivity index (χ1n) is 9.06. The zero-order chi connectivity index (χ0) is 21.4. The molecule has 0 radical (unpaired) electrons. The third kappa shape index (κ3) is 3.94. The predicted molar refractivity (Wildman–Crippen MR) is 99.7 cm³/mol. The van der Waals surface area contributed by atoms with Gasteiger partial charge in [-0.05, 0) is 35.4 Å². The molecule has 3 aromatic rings. The summed E-state index contributed by atoms with van der Waals surface area (Å²) >= 11 is 0. The number of benzene rings is 3. The Hall–Kier alpha value is -2.81. The molecule has 0 spiro atoms. The normalized spacial score (nSPS) is 19.1. The highest BCUT2D eigenvalue weighted by Crippen LogP contribution is 2.32. The first kappa shape index (κ1) is 20.5. The minimum absolute atomic E-state index is 0.119. The molecule has 0 bridgehead atoms. The van der Waals surface area contributed by atoms with Crippen molar-refractivity contribution in [2.75, 3.05) is 13.2 Å². The molecule has 0 saturated carbocycles. The summed E-state index contributed by atoms with van der Waals surface area (Å²) in [6.45, 7) is 0.566. The van der Waals surface area contributed by atoms with Crippen LogP contribution in [0.4, 0.5) is 22.0 Å². The molecule has 0 aromatic heterocycles. The number of rotatable bonds is 3. The molecule has 0 atom stereocenters. The highest BCUT2D eigenvalue weighted by molar-refractivity contribution is 5.71. The molecule has 1 fully saturated rings. The molecule has 1 saturated heterocycles. The summed E-state index contributed by atoms with van der Waals surface area (Å²) in [6, 6.07) is 9.13. The molecule has 3 nitrogen and oxygen atoms in total. The van der Waals surface area contributed by atoms with Gasteiger partial charge in [-0.3, -0.25) is 0 Å². The monoisotopic (exact) mass is 421 g/mol. The van der Waals surface area contributed by atoms with E-state index in [0.717, 1.165) is 6.07 Å². The second kappa shape index (κ2) is 8.14. The molecule has 4 rings (SSSR count). The third-order valence-corrected chi connectivity index (χ3v) is 4.76. The number of halogens is 5. The van der Waals surface area contributed by atoms with Gasteiger partial charge in [-0.2, -0.15) is 0 Å². The predicted octanol–water partition coefficient (Wildman–Crippen LogP) is 5.09. The van der Waals surface area contributed by atoms with Crippen molar-refractivity contribution in [3.8, 4) is 22.3 Å². The average Bonchev–Trinajstić information content (AvgIpc) is 2.72. The Morgan fingerprint density at radius 3 is 1.80 bits per heavy atom. The molecule has 0 amide bonds. The fourth-order valence-corrected chi connectivity index (χ4v) is 3.25. The van der Waals surface area contributed by atoms with Crippen LogP contribution in [0.3, 0.4) is 0 Å². The molecule has 3 aromatic carbocycles. The number of hydrogen-bond acceptors (Lipinski definition) is 3. The van der Waals surface area contributed by atoms with Crippen LogP contribution in [0, 0.1) is 29.1 Å². The second-order valence-electron chi connectivity index (χ2n) is 6.95. The molecular weight excluding hydrogens is 405 g/mol.